The summed E-state index contributed by atoms with van der Waals surface area (Å²) >= 11 is 6.36. The minimum Gasteiger partial charge on any atom is -0.490 e. The van der Waals surface area contributed by atoms with Gasteiger partial charge in [0.05, 0.1) is 41.7 Å². The lowest BCUT2D eigenvalue weighted by molar-refractivity contribution is 0.146. The van der Waals surface area contributed by atoms with Gasteiger partial charge in [0.2, 0.25) is 0 Å². The summed E-state index contributed by atoms with van der Waals surface area (Å²) in [5.41, 5.74) is 4.25. The number of hydrogen-bond donors (Lipinski definition) is 0. The molecule has 5 rings (SSSR count). The van der Waals surface area contributed by atoms with E-state index in [1.165, 1.54) is 0 Å². The Kier molecular flexibility index (Phi) is 5.35. The van der Waals surface area contributed by atoms with Crippen LogP contribution in [0.15, 0.2) is 53.8 Å². The van der Waals surface area contributed by atoms with Gasteiger partial charge >= 0.3 is 5.69 Å². The Balaban J connectivity index is 1.72. The summed E-state index contributed by atoms with van der Waals surface area (Å²) in [5, 5.41) is 5.26. The van der Waals surface area contributed by atoms with Crippen LogP contribution >= 0.6 is 11.6 Å². The van der Waals surface area contributed by atoms with E-state index in [2.05, 4.69) is 15.1 Å². The molecular formula is C23H21ClN6O3. The van der Waals surface area contributed by atoms with Crippen LogP contribution in [-0.2, 0) is 18.8 Å². The van der Waals surface area contributed by atoms with Crippen molar-refractivity contribution in [3.8, 4) is 22.6 Å². The molecule has 0 amide bonds. The zero-order chi connectivity index (χ0) is 23.1. The van der Waals surface area contributed by atoms with E-state index >= 15 is 0 Å². The molecule has 9 nitrogen and oxygen atoms in total. The minimum atomic E-state index is -0.227. The van der Waals surface area contributed by atoms with Gasteiger partial charge < -0.3 is 9.47 Å². The summed E-state index contributed by atoms with van der Waals surface area (Å²) in [4.78, 5) is 22.1. The molecule has 0 bridgehead atoms. The lowest BCUT2D eigenvalue weighted by Crippen LogP contribution is -2.20. The van der Waals surface area contributed by atoms with Crippen LogP contribution in [-0.4, -0.2) is 49.2 Å². The smallest absolute Gasteiger partial charge is 0.333 e. The highest BCUT2D eigenvalue weighted by Gasteiger charge is 2.20. The number of imidazole rings is 1. The lowest BCUT2D eigenvalue weighted by Gasteiger charge is -2.09. The fraction of sp³-hybridized carbons (Fsp3) is 0.217. The van der Waals surface area contributed by atoms with Gasteiger partial charge in [-0.25, -0.2) is 4.79 Å². The van der Waals surface area contributed by atoms with E-state index in [4.69, 9.17) is 21.1 Å². The molecule has 5 aromatic rings. The quantitative estimate of drug-likeness (QED) is 0.358. The predicted octanol–water partition coefficient (Wildman–Crippen LogP) is 3.35. The molecular weight excluding hydrogens is 444 g/mol. The molecule has 1 aromatic carbocycles. The number of rotatable bonds is 6. The summed E-state index contributed by atoms with van der Waals surface area (Å²) in [6.07, 6.45) is 6.86. The Labute approximate surface area is 193 Å². The number of aromatic nitrogens is 6. The van der Waals surface area contributed by atoms with Gasteiger partial charge in [-0.15, -0.1) is 0 Å². The molecule has 0 atom stereocenters. The van der Waals surface area contributed by atoms with Crippen molar-refractivity contribution in [2.24, 2.45) is 14.1 Å². The van der Waals surface area contributed by atoms with E-state index < -0.39 is 0 Å². The van der Waals surface area contributed by atoms with E-state index in [1.807, 2.05) is 24.3 Å². The lowest BCUT2D eigenvalue weighted by atomic mass is 10.0. The number of ether oxygens (including phenoxy) is 2. The van der Waals surface area contributed by atoms with Crippen molar-refractivity contribution in [1.29, 1.82) is 0 Å². The maximum Gasteiger partial charge on any atom is 0.333 e. The number of halogens is 1. The third-order valence-corrected chi connectivity index (χ3v) is 5.76. The first-order valence-corrected chi connectivity index (χ1v) is 10.6. The molecule has 33 heavy (non-hydrogen) atoms. The van der Waals surface area contributed by atoms with Crippen LogP contribution in [0.25, 0.3) is 38.8 Å². The molecule has 0 N–H and O–H groups in total. The van der Waals surface area contributed by atoms with Gasteiger partial charge in [0.15, 0.2) is 5.15 Å². The van der Waals surface area contributed by atoms with Gasteiger partial charge in [-0.2, -0.15) is 5.10 Å². The maximum atomic E-state index is 13.2. The van der Waals surface area contributed by atoms with Crippen molar-refractivity contribution in [2.45, 2.75) is 0 Å². The predicted molar refractivity (Wildman–Crippen MR) is 126 cm³/mol. The summed E-state index contributed by atoms with van der Waals surface area (Å²) in [7, 11) is 5.11. The highest BCUT2D eigenvalue weighted by molar-refractivity contribution is 6.31. The number of aryl methyl sites for hydroxylation is 2. The first-order valence-electron chi connectivity index (χ1n) is 10.2. The summed E-state index contributed by atoms with van der Waals surface area (Å²) in [6, 6.07) is 7.82. The van der Waals surface area contributed by atoms with E-state index in [1.54, 1.807) is 59.8 Å². The van der Waals surface area contributed by atoms with Crippen molar-refractivity contribution in [1.82, 2.24) is 28.9 Å². The van der Waals surface area contributed by atoms with Crippen molar-refractivity contribution in [3.63, 3.8) is 0 Å². The average molecular weight is 465 g/mol. The van der Waals surface area contributed by atoms with Crippen LogP contribution in [0.3, 0.4) is 0 Å². The van der Waals surface area contributed by atoms with Crippen molar-refractivity contribution >= 4 is 33.5 Å². The molecule has 0 saturated carbocycles. The highest BCUT2D eigenvalue weighted by Crippen LogP contribution is 2.31. The number of fused-ring (bicyclic) bond motifs is 3. The second-order valence-corrected chi connectivity index (χ2v) is 7.99. The Morgan fingerprint density at radius 2 is 1.91 bits per heavy atom. The number of hydrogen-bond acceptors (Lipinski definition) is 6. The SMILES string of the molecule is COCCOc1cncc(-c2ccc3ncc4c(c3c2)n(-c2cn(C)nc2Cl)c(=O)n4C)c1. The molecule has 168 valence electrons. The molecule has 4 heterocycles. The number of methoxy groups -OCH3 is 1. The van der Waals surface area contributed by atoms with Crippen LogP contribution in [0.4, 0.5) is 0 Å². The van der Waals surface area contributed by atoms with E-state index in [0.717, 1.165) is 22.0 Å². The fourth-order valence-corrected chi connectivity index (χ4v) is 4.15. The van der Waals surface area contributed by atoms with Gasteiger partial charge in [0.25, 0.3) is 0 Å². The molecule has 10 heteroatoms. The van der Waals surface area contributed by atoms with Crippen LogP contribution in [0.1, 0.15) is 0 Å². The third-order valence-electron chi connectivity index (χ3n) is 5.49. The summed E-state index contributed by atoms with van der Waals surface area (Å²) < 4.78 is 15.5. The molecule has 0 aliphatic carbocycles. The van der Waals surface area contributed by atoms with Gasteiger partial charge in [0, 0.05) is 38.4 Å². The van der Waals surface area contributed by atoms with Crippen LogP contribution in [0, 0.1) is 0 Å². The fourth-order valence-electron chi connectivity index (χ4n) is 3.90. The number of pyridine rings is 2. The Morgan fingerprint density at radius 3 is 2.67 bits per heavy atom. The Morgan fingerprint density at radius 1 is 1.06 bits per heavy atom. The maximum absolute atomic E-state index is 13.2. The second kappa shape index (κ2) is 8.34. The zero-order valence-corrected chi connectivity index (χ0v) is 19.1. The molecule has 4 aromatic heterocycles. The second-order valence-electron chi connectivity index (χ2n) is 7.63. The Hall–Kier alpha value is -3.69. The molecule has 0 unspecified atom stereocenters. The first kappa shape index (κ1) is 21.2. The minimum absolute atomic E-state index is 0.227. The highest BCUT2D eigenvalue weighted by atomic mass is 35.5. The third kappa shape index (κ3) is 3.65. The van der Waals surface area contributed by atoms with E-state index in [0.29, 0.717) is 35.7 Å². The van der Waals surface area contributed by atoms with Gasteiger partial charge in [-0.1, -0.05) is 17.7 Å². The van der Waals surface area contributed by atoms with Crippen molar-refractivity contribution < 1.29 is 9.47 Å². The average Bonchev–Trinajstić information content (AvgIpc) is 3.28. The van der Waals surface area contributed by atoms with Gasteiger partial charge in [0.1, 0.15) is 18.0 Å². The van der Waals surface area contributed by atoms with E-state index in [9.17, 15) is 4.79 Å². The van der Waals surface area contributed by atoms with Gasteiger partial charge in [-0.05, 0) is 23.8 Å². The van der Waals surface area contributed by atoms with Crippen LogP contribution in [0.5, 0.6) is 5.75 Å². The normalized spacial score (nSPS) is 11.5. The van der Waals surface area contributed by atoms with Crippen LogP contribution < -0.4 is 10.4 Å². The van der Waals surface area contributed by atoms with Crippen LogP contribution in [0.2, 0.25) is 5.15 Å². The van der Waals surface area contributed by atoms with Gasteiger partial charge in [-0.3, -0.25) is 23.8 Å². The molecule has 0 spiro atoms. The summed E-state index contributed by atoms with van der Waals surface area (Å²) in [6.45, 7) is 0.929. The molecule has 0 saturated heterocycles. The molecule has 0 fully saturated rings. The summed E-state index contributed by atoms with van der Waals surface area (Å²) in [5.74, 6) is 0.653. The van der Waals surface area contributed by atoms with E-state index in [-0.39, 0.29) is 10.8 Å². The largest absolute Gasteiger partial charge is 0.490 e. The molecule has 0 radical (unpaired) electrons. The topological polar surface area (TPSA) is 89.0 Å². The molecule has 0 aliphatic heterocycles. The zero-order valence-electron chi connectivity index (χ0n) is 18.3. The standard InChI is InChI=1S/C23H21ClN6O3/c1-28-13-20(22(24)27-28)30-21-17-9-14(15-8-16(11-25-10-15)33-7-6-32-3)4-5-18(17)26-12-19(21)29(2)23(30)31/h4-5,8-13H,6-7H2,1-3H3. The number of nitrogens with zero attached hydrogens (tertiary/aromatic N) is 6. The van der Waals surface area contributed by atoms with Crippen molar-refractivity contribution in [2.75, 3.05) is 20.3 Å². The Bertz CT molecular complexity index is 1550. The van der Waals surface area contributed by atoms with Crippen molar-refractivity contribution in [3.05, 3.63) is 64.7 Å². The molecule has 0 aliphatic rings. The monoisotopic (exact) mass is 464 g/mol. The number of benzene rings is 1. The first-order chi connectivity index (χ1) is 16.0.